The zero-order valence-corrected chi connectivity index (χ0v) is 11.2. The van der Waals surface area contributed by atoms with Gasteiger partial charge < -0.3 is 10.3 Å². The maximum absolute atomic E-state index is 5.82. The van der Waals surface area contributed by atoms with Gasteiger partial charge >= 0.3 is 0 Å². The zero-order chi connectivity index (χ0) is 11.5. The first kappa shape index (κ1) is 11.8. The number of nitrogens with zero attached hydrogens (tertiary/aromatic N) is 2. The summed E-state index contributed by atoms with van der Waals surface area (Å²) in [6.45, 7) is 2.04. The molecule has 0 saturated carbocycles. The van der Waals surface area contributed by atoms with E-state index in [1.807, 2.05) is 19.1 Å². The Hall–Kier alpha value is -0.720. The fraction of sp³-hybridized carbons (Fsp3) is 0.400. The molecule has 2 aromatic rings. The van der Waals surface area contributed by atoms with E-state index in [0.717, 1.165) is 15.1 Å². The second-order valence-corrected chi connectivity index (χ2v) is 5.95. The Bertz CT molecular complexity index is 468. The summed E-state index contributed by atoms with van der Waals surface area (Å²) in [5.74, 6) is 1.24. The van der Waals surface area contributed by atoms with Gasteiger partial charge in [0, 0.05) is 12.5 Å². The third-order valence-electron chi connectivity index (χ3n) is 2.22. The molecule has 0 aliphatic heterocycles. The second kappa shape index (κ2) is 5.07. The van der Waals surface area contributed by atoms with Crippen LogP contribution in [0.4, 0.5) is 0 Å². The van der Waals surface area contributed by atoms with Crippen molar-refractivity contribution in [3.63, 3.8) is 0 Å². The molecule has 0 spiro atoms. The average molecular weight is 302 g/mol. The Morgan fingerprint density at radius 2 is 2.38 bits per heavy atom. The van der Waals surface area contributed by atoms with Gasteiger partial charge in [0.1, 0.15) is 0 Å². The van der Waals surface area contributed by atoms with Crippen molar-refractivity contribution < 1.29 is 4.52 Å². The molecule has 0 bridgehead atoms. The first-order valence-electron chi connectivity index (χ1n) is 5.03. The number of thiophene rings is 1. The third kappa shape index (κ3) is 2.69. The lowest BCUT2D eigenvalue weighted by atomic mass is 10.2. The van der Waals surface area contributed by atoms with Gasteiger partial charge in [0.05, 0.1) is 8.66 Å². The van der Waals surface area contributed by atoms with Crippen LogP contribution >= 0.6 is 27.3 Å². The Morgan fingerprint density at radius 1 is 1.56 bits per heavy atom. The van der Waals surface area contributed by atoms with E-state index >= 15 is 0 Å². The molecular weight excluding hydrogens is 290 g/mol. The van der Waals surface area contributed by atoms with Crippen LogP contribution in [0, 0.1) is 0 Å². The molecule has 86 valence electrons. The van der Waals surface area contributed by atoms with E-state index in [9.17, 15) is 0 Å². The number of nitrogens with two attached hydrogens (primary N) is 1. The van der Waals surface area contributed by atoms with E-state index in [1.165, 1.54) is 0 Å². The lowest BCUT2D eigenvalue weighted by Gasteiger charge is -2.02. The molecule has 2 rings (SSSR count). The molecule has 2 N–H and O–H groups in total. The van der Waals surface area contributed by atoms with Crippen molar-refractivity contribution in [2.24, 2.45) is 5.73 Å². The summed E-state index contributed by atoms with van der Waals surface area (Å²) in [7, 11) is 0. The van der Waals surface area contributed by atoms with E-state index in [-0.39, 0.29) is 6.04 Å². The van der Waals surface area contributed by atoms with E-state index in [4.69, 9.17) is 10.3 Å². The molecule has 0 aliphatic rings. The van der Waals surface area contributed by atoms with Crippen LogP contribution in [0.1, 0.15) is 19.2 Å². The Balaban J connectivity index is 2.13. The standard InChI is InChI=1S/C10H12BrN3OS/c1-2-6(12)5-9-13-10(14-15-9)7-3-4-8(11)16-7/h3-4,6H,2,5,12H2,1H3. The molecule has 2 heterocycles. The van der Waals surface area contributed by atoms with Crippen LogP contribution in [0.3, 0.4) is 0 Å². The van der Waals surface area contributed by atoms with Crippen LogP contribution in [0.25, 0.3) is 10.7 Å². The van der Waals surface area contributed by atoms with Gasteiger partial charge in [0.25, 0.3) is 0 Å². The molecule has 6 heteroatoms. The van der Waals surface area contributed by atoms with Crippen LogP contribution in [0.5, 0.6) is 0 Å². The molecule has 0 aromatic carbocycles. The molecule has 0 fully saturated rings. The second-order valence-electron chi connectivity index (χ2n) is 3.49. The average Bonchev–Trinajstić information content (AvgIpc) is 2.87. The van der Waals surface area contributed by atoms with Gasteiger partial charge in [-0.2, -0.15) is 4.98 Å². The van der Waals surface area contributed by atoms with E-state index in [1.54, 1.807) is 11.3 Å². The number of hydrogen-bond donors (Lipinski definition) is 1. The Kier molecular flexibility index (Phi) is 3.73. The highest BCUT2D eigenvalue weighted by atomic mass is 79.9. The van der Waals surface area contributed by atoms with Gasteiger partial charge in [-0.05, 0) is 34.5 Å². The summed E-state index contributed by atoms with van der Waals surface area (Å²) in [5.41, 5.74) is 5.82. The van der Waals surface area contributed by atoms with Crippen molar-refractivity contribution in [2.75, 3.05) is 0 Å². The van der Waals surface area contributed by atoms with Crippen LogP contribution in [0.2, 0.25) is 0 Å². The first-order valence-corrected chi connectivity index (χ1v) is 6.64. The van der Waals surface area contributed by atoms with Crippen molar-refractivity contribution in [2.45, 2.75) is 25.8 Å². The first-order chi connectivity index (χ1) is 7.69. The molecule has 1 unspecified atom stereocenters. The SMILES string of the molecule is CCC(N)Cc1nc(-c2ccc(Br)s2)no1. The summed E-state index contributed by atoms with van der Waals surface area (Å²) in [5, 5.41) is 3.94. The summed E-state index contributed by atoms with van der Waals surface area (Å²) in [6.07, 6.45) is 1.54. The largest absolute Gasteiger partial charge is 0.339 e. The van der Waals surface area contributed by atoms with E-state index < -0.39 is 0 Å². The number of hydrogen-bond acceptors (Lipinski definition) is 5. The van der Waals surface area contributed by atoms with Gasteiger partial charge in [0.2, 0.25) is 11.7 Å². The molecule has 1 atom stereocenters. The summed E-state index contributed by atoms with van der Waals surface area (Å²) >= 11 is 4.98. The van der Waals surface area contributed by atoms with Crippen molar-refractivity contribution in [1.29, 1.82) is 0 Å². The summed E-state index contributed by atoms with van der Waals surface area (Å²) < 4.78 is 6.21. The molecule has 4 nitrogen and oxygen atoms in total. The highest BCUT2D eigenvalue weighted by molar-refractivity contribution is 9.11. The lowest BCUT2D eigenvalue weighted by molar-refractivity contribution is 0.368. The van der Waals surface area contributed by atoms with Crippen LogP contribution in [-0.4, -0.2) is 16.2 Å². The fourth-order valence-corrected chi connectivity index (χ4v) is 2.55. The van der Waals surface area contributed by atoms with Crippen LogP contribution in [-0.2, 0) is 6.42 Å². The molecule has 0 amide bonds. The molecule has 2 aromatic heterocycles. The van der Waals surface area contributed by atoms with Crippen molar-refractivity contribution in [3.8, 4) is 10.7 Å². The summed E-state index contributed by atoms with van der Waals surface area (Å²) in [4.78, 5) is 5.31. The minimum absolute atomic E-state index is 0.0865. The molecular formula is C10H12BrN3OS. The quantitative estimate of drug-likeness (QED) is 0.943. The van der Waals surface area contributed by atoms with Gasteiger partial charge in [-0.3, -0.25) is 0 Å². The van der Waals surface area contributed by atoms with Gasteiger partial charge in [-0.25, -0.2) is 0 Å². The van der Waals surface area contributed by atoms with E-state index in [2.05, 4.69) is 26.1 Å². The highest BCUT2D eigenvalue weighted by Gasteiger charge is 2.12. The topological polar surface area (TPSA) is 64.9 Å². The van der Waals surface area contributed by atoms with Gasteiger partial charge in [0.15, 0.2) is 0 Å². The monoisotopic (exact) mass is 301 g/mol. The Morgan fingerprint density at radius 3 is 3.00 bits per heavy atom. The van der Waals surface area contributed by atoms with Crippen molar-refractivity contribution >= 4 is 27.3 Å². The number of aromatic nitrogens is 2. The smallest absolute Gasteiger partial charge is 0.228 e. The zero-order valence-electron chi connectivity index (χ0n) is 8.81. The van der Waals surface area contributed by atoms with Gasteiger partial charge in [-0.15, -0.1) is 11.3 Å². The predicted octanol–water partition coefficient (Wildman–Crippen LogP) is 2.84. The van der Waals surface area contributed by atoms with Crippen molar-refractivity contribution in [3.05, 3.63) is 21.8 Å². The highest BCUT2D eigenvalue weighted by Crippen LogP contribution is 2.29. The minimum Gasteiger partial charge on any atom is -0.339 e. The molecule has 0 radical (unpaired) electrons. The predicted molar refractivity (Wildman–Crippen MR) is 67.3 cm³/mol. The maximum atomic E-state index is 5.82. The lowest BCUT2D eigenvalue weighted by Crippen LogP contribution is -2.21. The van der Waals surface area contributed by atoms with Gasteiger partial charge in [-0.1, -0.05) is 12.1 Å². The normalized spacial score (nSPS) is 12.9. The minimum atomic E-state index is 0.0865. The van der Waals surface area contributed by atoms with Crippen LogP contribution in [0.15, 0.2) is 20.4 Å². The van der Waals surface area contributed by atoms with E-state index in [0.29, 0.717) is 18.1 Å². The number of halogens is 1. The Labute approximate surface area is 106 Å². The van der Waals surface area contributed by atoms with Crippen LogP contribution < -0.4 is 5.73 Å². The molecule has 0 saturated heterocycles. The van der Waals surface area contributed by atoms with Crippen molar-refractivity contribution in [1.82, 2.24) is 10.1 Å². The maximum Gasteiger partial charge on any atom is 0.228 e. The molecule has 0 aliphatic carbocycles. The molecule has 16 heavy (non-hydrogen) atoms. The number of rotatable bonds is 4. The fourth-order valence-electron chi connectivity index (χ4n) is 1.24. The summed E-state index contributed by atoms with van der Waals surface area (Å²) in [6, 6.07) is 4.01. The third-order valence-corrected chi connectivity index (χ3v) is 3.84.